The van der Waals surface area contributed by atoms with Gasteiger partial charge in [0.2, 0.25) is 0 Å². The van der Waals surface area contributed by atoms with Crippen molar-refractivity contribution in [1.29, 1.82) is 0 Å². The Morgan fingerprint density at radius 3 is 2.64 bits per heavy atom. The van der Waals surface area contributed by atoms with Gasteiger partial charge in [-0.05, 0) is 48.9 Å². The molecule has 2 N–H and O–H groups in total. The quantitative estimate of drug-likeness (QED) is 0.738. The molecule has 0 saturated heterocycles. The Morgan fingerprint density at radius 2 is 1.93 bits per heavy atom. The van der Waals surface area contributed by atoms with Crippen LogP contribution >= 0.6 is 0 Å². The van der Waals surface area contributed by atoms with Gasteiger partial charge in [-0.3, -0.25) is 0 Å². The van der Waals surface area contributed by atoms with Crippen molar-refractivity contribution in [1.82, 2.24) is 0 Å². The molecule has 0 heterocycles. The zero-order valence-electron chi connectivity index (χ0n) is 7.95. The number of nitrogens with two attached hydrogens (primary N) is 1. The first-order valence-electron chi connectivity index (χ1n) is 4.85. The van der Waals surface area contributed by atoms with Crippen molar-refractivity contribution < 1.29 is 9.53 Å². The summed E-state index contributed by atoms with van der Waals surface area (Å²) in [5.74, 6) is 0.554. The van der Waals surface area contributed by atoms with Gasteiger partial charge in [-0.1, -0.05) is 6.07 Å². The second-order valence-electron chi connectivity index (χ2n) is 3.56. The predicted molar refractivity (Wildman–Crippen MR) is 53.3 cm³/mol. The maximum absolute atomic E-state index is 10.5. The Labute approximate surface area is 82.9 Å². The van der Waals surface area contributed by atoms with Gasteiger partial charge in [-0.25, -0.2) is 4.79 Å². The lowest BCUT2D eigenvalue weighted by Crippen LogP contribution is -2.16. The third kappa shape index (κ3) is 1.87. The molecule has 0 aliphatic heterocycles. The number of aryl methyl sites for hydroxylation is 2. The van der Waals surface area contributed by atoms with Crippen molar-refractivity contribution in [2.24, 2.45) is 5.73 Å². The van der Waals surface area contributed by atoms with E-state index in [9.17, 15) is 4.79 Å². The minimum atomic E-state index is -0.749. The summed E-state index contributed by atoms with van der Waals surface area (Å²) in [6.45, 7) is 0. The lowest BCUT2D eigenvalue weighted by Gasteiger charge is -2.15. The van der Waals surface area contributed by atoms with Gasteiger partial charge in [0.05, 0.1) is 0 Å². The first-order valence-corrected chi connectivity index (χ1v) is 4.85. The Balaban J connectivity index is 2.24. The van der Waals surface area contributed by atoms with E-state index >= 15 is 0 Å². The molecule has 0 unspecified atom stereocenters. The van der Waals surface area contributed by atoms with Crippen LogP contribution in [0.1, 0.15) is 24.0 Å². The van der Waals surface area contributed by atoms with E-state index in [0.29, 0.717) is 5.75 Å². The average molecular weight is 191 g/mol. The summed E-state index contributed by atoms with van der Waals surface area (Å²) < 4.78 is 4.82. The van der Waals surface area contributed by atoms with Gasteiger partial charge in [0.1, 0.15) is 5.75 Å². The third-order valence-corrected chi connectivity index (χ3v) is 2.54. The summed E-state index contributed by atoms with van der Waals surface area (Å²) in [5, 5.41) is 0. The number of hydrogen-bond acceptors (Lipinski definition) is 2. The van der Waals surface area contributed by atoms with E-state index < -0.39 is 6.09 Å². The minimum Gasteiger partial charge on any atom is -0.410 e. The summed E-state index contributed by atoms with van der Waals surface area (Å²) in [4.78, 5) is 10.5. The molecule has 2 rings (SSSR count). The van der Waals surface area contributed by atoms with E-state index in [1.165, 1.54) is 24.0 Å². The van der Waals surface area contributed by atoms with E-state index in [1.807, 2.05) is 12.1 Å². The topological polar surface area (TPSA) is 52.3 Å². The van der Waals surface area contributed by atoms with Gasteiger partial charge < -0.3 is 10.5 Å². The molecule has 0 aromatic heterocycles. The van der Waals surface area contributed by atoms with Gasteiger partial charge >= 0.3 is 6.09 Å². The normalized spacial score (nSPS) is 14.6. The van der Waals surface area contributed by atoms with Crippen LogP contribution in [0.2, 0.25) is 0 Å². The van der Waals surface area contributed by atoms with E-state index in [-0.39, 0.29) is 0 Å². The fourth-order valence-corrected chi connectivity index (χ4v) is 1.89. The molecule has 74 valence electrons. The lowest BCUT2D eigenvalue weighted by atomic mass is 9.92. The zero-order valence-corrected chi connectivity index (χ0v) is 7.95. The zero-order chi connectivity index (χ0) is 9.97. The second kappa shape index (κ2) is 3.70. The summed E-state index contributed by atoms with van der Waals surface area (Å²) >= 11 is 0. The number of fused-ring (bicyclic) bond motifs is 1. The van der Waals surface area contributed by atoms with Gasteiger partial charge in [-0.2, -0.15) is 0 Å². The molecule has 3 heteroatoms. The van der Waals surface area contributed by atoms with Crippen molar-refractivity contribution in [3.8, 4) is 5.75 Å². The van der Waals surface area contributed by atoms with Gasteiger partial charge in [0.15, 0.2) is 0 Å². The highest BCUT2D eigenvalue weighted by Crippen LogP contribution is 2.25. The molecule has 0 saturated carbocycles. The highest BCUT2D eigenvalue weighted by atomic mass is 16.5. The smallest absolute Gasteiger partial charge is 0.409 e. The molecule has 1 aliphatic rings. The molecule has 0 radical (unpaired) electrons. The second-order valence-corrected chi connectivity index (χ2v) is 3.56. The lowest BCUT2D eigenvalue weighted by molar-refractivity contribution is 0.211. The maximum Gasteiger partial charge on any atom is 0.409 e. The van der Waals surface area contributed by atoms with E-state index in [4.69, 9.17) is 10.5 Å². The number of primary amides is 1. The molecule has 0 bridgehead atoms. The maximum atomic E-state index is 10.5. The number of carbonyl (C=O) groups excluding carboxylic acids is 1. The van der Waals surface area contributed by atoms with Crippen molar-refractivity contribution in [3.63, 3.8) is 0 Å². The first kappa shape index (κ1) is 9.06. The Kier molecular flexibility index (Phi) is 2.39. The van der Waals surface area contributed by atoms with Crippen molar-refractivity contribution in [3.05, 3.63) is 29.3 Å². The molecule has 1 amide bonds. The first-order chi connectivity index (χ1) is 6.75. The van der Waals surface area contributed by atoms with Crippen LogP contribution in [0.5, 0.6) is 5.75 Å². The van der Waals surface area contributed by atoms with Crippen molar-refractivity contribution in [2.45, 2.75) is 25.7 Å². The monoisotopic (exact) mass is 191 g/mol. The Bertz CT molecular complexity index is 360. The van der Waals surface area contributed by atoms with Crippen molar-refractivity contribution in [2.75, 3.05) is 0 Å². The summed E-state index contributed by atoms with van der Waals surface area (Å²) in [6.07, 6.45) is 3.92. The fourth-order valence-electron chi connectivity index (χ4n) is 1.89. The standard InChI is InChI=1S/C11H13NO2/c12-11(13)14-10-6-5-8-3-1-2-4-9(8)7-10/h5-7H,1-4H2,(H2,12,13). The number of hydrogen-bond donors (Lipinski definition) is 1. The molecule has 3 nitrogen and oxygen atoms in total. The van der Waals surface area contributed by atoms with Crippen LogP contribution in [0.15, 0.2) is 18.2 Å². The average Bonchev–Trinajstić information content (AvgIpc) is 2.17. The van der Waals surface area contributed by atoms with Gasteiger partial charge in [-0.15, -0.1) is 0 Å². The molecule has 0 fully saturated rings. The van der Waals surface area contributed by atoms with Crippen LogP contribution in [-0.4, -0.2) is 6.09 Å². The molecular formula is C11H13NO2. The largest absolute Gasteiger partial charge is 0.410 e. The fraction of sp³-hybridized carbons (Fsp3) is 0.364. The van der Waals surface area contributed by atoms with Crippen LogP contribution in [0, 0.1) is 0 Å². The van der Waals surface area contributed by atoms with E-state index in [1.54, 1.807) is 6.07 Å². The SMILES string of the molecule is NC(=O)Oc1ccc2c(c1)CCCC2. The number of benzene rings is 1. The molecule has 0 atom stereocenters. The molecule has 1 aromatic rings. The number of ether oxygens (including phenoxy) is 1. The summed E-state index contributed by atoms with van der Waals surface area (Å²) in [5.41, 5.74) is 7.60. The minimum absolute atomic E-state index is 0.554. The van der Waals surface area contributed by atoms with E-state index in [2.05, 4.69) is 0 Å². The van der Waals surface area contributed by atoms with Crippen molar-refractivity contribution >= 4 is 6.09 Å². The molecule has 1 aromatic carbocycles. The predicted octanol–water partition coefficient (Wildman–Crippen LogP) is 2.02. The van der Waals surface area contributed by atoms with Crippen LogP contribution in [0.25, 0.3) is 0 Å². The van der Waals surface area contributed by atoms with Gasteiger partial charge in [0.25, 0.3) is 0 Å². The third-order valence-electron chi connectivity index (χ3n) is 2.54. The molecular weight excluding hydrogens is 178 g/mol. The molecule has 1 aliphatic carbocycles. The Hall–Kier alpha value is -1.51. The van der Waals surface area contributed by atoms with Gasteiger partial charge in [0, 0.05) is 0 Å². The number of rotatable bonds is 1. The van der Waals surface area contributed by atoms with Crippen LogP contribution < -0.4 is 10.5 Å². The number of amides is 1. The Morgan fingerprint density at radius 1 is 1.21 bits per heavy atom. The van der Waals surface area contributed by atoms with Crippen LogP contribution in [-0.2, 0) is 12.8 Å². The summed E-state index contributed by atoms with van der Waals surface area (Å²) in [7, 11) is 0. The molecule has 0 spiro atoms. The molecule has 14 heavy (non-hydrogen) atoms. The highest BCUT2D eigenvalue weighted by molar-refractivity contribution is 5.68. The van der Waals surface area contributed by atoms with E-state index in [0.717, 1.165) is 12.8 Å². The summed E-state index contributed by atoms with van der Waals surface area (Å²) in [6, 6.07) is 5.74. The highest BCUT2D eigenvalue weighted by Gasteiger charge is 2.10. The number of carbonyl (C=O) groups is 1. The van der Waals surface area contributed by atoms with Crippen LogP contribution in [0.3, 0.4) is 0 Å². The van der Waals surface area contributed by atoms with Crippen LogP contribution in [0.4, 0.5) is 4.79 Å².